The summed E-state index contributed by atoms with van der Waals surface area (Å²) < 4.78 is 18.7. The number of pyridine rings is 2. The predicted molar refractivity (Wildman–Crippen MR) is 126 cm³/mol. The number of halogens is 1. The number of ether oxygens (including phenoxy) is 1. The quantitative estimate of drug-likeness (QED) is 0.421. The highest BCUT2D eigenvalue weighted by Crippen LogP contribution is 2.23. The molecule has 3 aromatic heterocycles. The highest BCUT2D eigenvalue weighted by atomic mass is 32.1. The van der Waals surface area contributed by atoms with E-state index in [1.165, 1.54) is 28.4 Å². The molecule has 0 spiro atoms. The first-order valence-corrected chi connectivity index (χ1v) is 11.1. The number of fused-ring (bicyclic) bond motifs is 1. The van der Waals surface area contributed by atoms with Gasteiger partial charge in [-0.3, -0.25) is 10.3 Å². The number of nitrogens with one attached hydrogen (secondary N) is 2. The second-order valence-corrected chi connectivity index (χ2v) is 8.30. The zero-order valence-electron chi connectivity index (χ0n) is 18.4. The first-order chi connectivity index (χ1) is 16.4. The molecule has 0 aliphatic carbocycles. The molecule has 1 aromatic carbocycles. The molecular weight excluding hydrogens is 459 g/mol. The van der Waals surface area contributed by atoms with Gasteiger partial charge in [0, 0.05) is 36.8 Å². The van der Waals surface area contributed by atoms with Gasteiger partial charge < -0.3 is 15.0 Å². The number of amides is 3. The predicted octanol–water partition coefficient (Wildman–Crippen LogP) is 4.49. The Morgan fingerprint density at radius 1 is 1.21 bits per heavy atom. The Bertz CT molecular complexity index is 1350. The Morgan fingerprint density at radius 2 is 2.06 bits per heavy atom. The number of rotatable bonds is 6. The van der Waals surface area contributed by atoms with Crippen LogP contribution in [0.2, 0.25) is 0 Å². The molecule has 3 heterocycles. The number of carbonyl (C=O) groups excluding carboxylic acids is 2. The van der Waals surface area contributed by atoms with E-state index in [9.17, 15) is 14.0 Å². The molecule has 0 radical (unpaired) electrons. The largest absolute Gasteiger partial charge is 0.415 e. The third-order valence-electron chi connectivity index (χ3n) is 4.78. The van der Waals surface area contributed by atoms with Crippen molar-refractivity contribution in [3.63, 3.8) is 0 Å². The van der Waals surface area contributed by atoms with Crippen molar-refractivity contribution >= 4 is 39.5 Å². The fourth-order valence-corrected chi connectivity index (χ4v) is 3.78. The number of carbonyl (C=O) groups is 2. The molecule has 3 amide bonds. The average Bonchev–Trinajstić information content (AvgIpc) is 3.24. The zero-order valence-corrected chi connectivity index (χ0v) is 19.2. The second kappa shape index (κ2) is 10.2. The molecule has 0 bridgehead atoms. The lowest BCUT2D eigenvalue weighted by Crippen LogP contribution is -2.30. The summed E-state index contributed by atoms with van der Waals surface area (Å²) >= 11 is 1.22. The van der Waals surface area contributed by atoms with Crippen LogP contribution in [0.25, 0.3) is 10.9 Å². The van der Waals surface area contributed by atoms with Gasteiger partial charge in [0.1, 0.15) is 5.82 Å². The van der Waals surface area contributed by atoms with Gasteiger partial charge >= 0.3 is 12.1 Å². The number of benzene rings is 1. The van der Waals surface area contributed by atoms with Crippen LogP contribution in [0.1, 0.15) is 17.0 Å². The van der Waals surface area contributed by atoms with Crippen LogP contribution in [0.3, 0.4) is 0 Å². The number of hydrogen-bond donors (Lipinski definition) is 2. The third kappa shape index (κ3) is 5.81. The summed E-state index contributed by atoms with van der Waals surface area (Å²) in [5.41, 5.74) is 2.58. The van der Waals surface area contributed by atoms with Gasteiger partial charge in [-0.15, -0.1) is 11.3 Å². The normalized spacial score (nSPS) is 10.7. The molecule has 174 valence electrons. The molecular formula is C23H21FN6O3S. The number of nitrogens with zero attached hydrogens (tertiary/aromatic N) is 4. The number of anilines is 1. The van der Waals surface area contributed by atoms with Gasteiger partial charge in [-0.1, -0.05) is 12.1 Å². The maximum atomic E-state index is 13.2. The monoisotopic (exact) mass is 480 g/mol. The van der Waals surface area contributed by atoms with Crippen LogP contribution in [-0.4, -0.2) is 39.0 Å². The molecule has 2 N–H and O–H groups in total. The van der Waals surface area contributed by atoms with Gasteiger partial charge in [0.2, 0.25) is 0 Å². The summed E-state index contributed by atoms with van der Waals surface area (Å²) in [6.45, 7) is 2.12. The molecule has 4 aromatic rings. The highest BCUT2D eigenvalue weighted by Gasteiger charge is 2.16. The topological polar surface area (TPSA) is 109 Å². The van der Waals surface area contributed by atoms with Crippen molar-refractivity contribution < 1.29 is 18.7 Å². The van der Waals surface area contributed by atoms with E-state index in [4.69, 9.17) is 4.74 Å². The van der Waals surface area contributed by atoms with Crippen LogP contribution < -0.4 is 15.4 Å². The Kier molecular flexibility index (Phi) is 6.93. The maximum absolute atomic E-state index is 13.2. The Hall–Kier alpha value is -4.12. The van der Waals surface area contributed by atoms with Crippen LogP contribution in [0.15, 0.2) is 54.2 Å². The summed E-state index contributed by atoms with van der Waals surface area (Å²) in [6, 6.07) is 9.03. The third-order valence-corrected chi connectivity index (χ3v) is 5.59. The Balaban J connectivity index is 1.30. The molecule has 11 heteroatoms. The van der Waals surface area contributed by atoms with E-state index in [1.54, 1.807) is 56.0 Å². The summed E-state index contributed by atoms with van der Waals surface area (Å²) in [5.74, 6) is -0.0103. The molecule has 0 atom stereocenters. The number of thiazole rings is 1. The number of urea groups is 1. The van der Waals surface area contributed by atoms with Gasteiger partial charge in [-0.25, -0.2) is 23.9 Å². The first kappa shape index (κ1) is 23.1. The van der Waals surface area contributed by atoms with Crippen LogP contribution >= 0.6 is 11.3 Å². The van der Waals surface area contributed by atoms with E-state index in [2.05, 4.69) is 25.6 Å². The number of aryl methyl sites for hydroxylation is 1. The van der Waals surface area contributed by atoms with E-state index in [0.29, 0.717) is 27.8 Å². The van der Waals surface area contributed by atoms with Crippen LogP contribution in [-0.2, 0) is 13.1 Å². The van der Waals surface area contributed by atoms with Crippen LogP contribution in [0.4, 0.5) is 19.1 Å². The number of hydrogen-bond acceptors (Lipinski definition) is 7. The lowest BCUT2D eigenvalue weighted by molar-refractivity contribution is 0.160. The Morgan fingerprint density at radius 3 is 2.88 bits per heavy atom. The summed E-state index contributed by atoms with van der Waals surface area (Å²) in [7, 11) is 1.59. The molecule has 0 saturated carbocycles. The van der Waals surface area contributed by atoms with Crippen molar-refractivity contribution in [3.8, 4) is 5.75 Å². The van der Waals surface area contributed by atoms with Gasteiger partial charge in [-0.05, 0) is 36.8 Å². The lowest BCUT2D eigenvalue weighted by atomic mass is 10.2. The smallest absolute Gasteiger partial charge is 0.408 e. The van der Waals surface area contributed by atoms with Crippen LogP contribution in [0.5, 0.6) is 5.75 Å². The molecule has 0 saturated heterocycles. The SMILES string of the molecule is Cc1nc2ccncc2cc1OC(=O)N(C)Cc1csc(NC(=O)NCc2cccc(F)c2)n1. The standard InChI is InChI=1S/C23H21FN6O3S/c1-14-20(9-16-11-25-7-6-19(16)27-14)33-23(32)30(2)12-18-13-34-22(28-18)29-21(31)26-10-15-4-3-5-17(24)8-15/h3-9,11,13H,10,12H2,1-2H3,(H2,26,28,29,31). The van der Waals surface area contributed by atoms with Crippen LogP contribution in [0, 0.1) is 12.7 Å². The van der Waals surface area contributed by atoms with Crippen molar-refractivity contribution in [1.29, 1.82) is 0 Å². The van der Waals surface area contributed by atoms with Gasteiger partial charge in [-0.2, -0.15) is 0 Å². The average molecular weight is 481 g/mol. The van der Waals surface area contributed by atoms with Crippen molar-refractivity contribution in [2.45, 2.75) is 20.0 Å². The molecule has 0 unspecified atom stereocenters. The van der Waals surface area contributed by atoms with Crippen molar-refractivity contribution in [2.75, 3.05) is 12.4 Å². The minimum Gasteiger partial charge on any atom is -0.408 e. The van der Waals surface area contributed by atoms with E-state index < -0.39 is 12.1 Å². The van der Waals surface area contributed by atoms with E-state index >= 15 is 0 Å². The lowest BCUT2D eigenvalue weighted by Gasteiger charge is -2.16. The molecule has 4 rings (SSSR count). The van der Waals surface area contributed by atoms with Crippen molar-refractivity contribution in [2.24, 2.45) is 0 Å². The summed E-state index contributed by atoms with van der Waals surface area (Å²) in [4.78, 5) is 38.8. The van der Waals surface area contributed by atoms with E-state index in [-0.39, 0.29) is 18.9 Å². The minimum absolute atomic E-state index is 0.176. The second-order valence-electron chi connectivity index (χ2n) is 7.45. The fraction of sp³-hybridized carbons (Fsp3) is 0.174. The highest BCUT2D eigenvalue weighted by molar-refractivity contribution is 7.13. The zero-order chi connectivity index (χ0) is 24.1. The molecule has 0 fully saturated rings. The van der Waals surface area contributed by atoms with Gasteiger partial charge in [0.25, 0.3) is 0 Å². The van der Waals surface area contributed by atoms with E-state index in [0.717, 1.165) is 10.9 Å². The minimum atomic E-state index is -0.566. The van der Waals surface area contributed by atoms with Crippen molar-refractivity contribution in [1.82, 2.24) is 25.2 Å². The number of aromatic nitrogens is 3. The summed E-state index contributed by atoms with van der Waals surface area (Å²) in [6.07, 6.45) is 2.74. The Labute approximate surface area is 198 Å². The fourth-order valence-electron chi connectivity index (χ4n) is 3.08. The molecule has 0 aliphatic rings. The molecule has 9 nitrogen and oxygen atoms in total. The van der Waals surface area contributed by atoms with Gasteiger partial charge in [0.15, 0.2) is 10.9 Å². The van der Waals surface area contributed by atoms with Gasteiger partial charge in [0.05, 0.1) is 23.4 Å². The van der Waals surface area contributed by atoms with E-state index in [1.807, 2.05) is 0 Å². The summed E-state index contributed by atoms with van der Waals surface area (Å²) in [5, 5.41) is 8.15. The first-order valence-electron chi connectivity index (χ1n) is 10.3. The molecule has 0 aliphatic heterocycles. The molecule has 34 heavy (non-hydrogen) atoms. The van der Waals surface area contributed by atoms with Crippen molar-refractivity contribution in [3.05, 3.63) is 76.9 Å². The maximum Gasteiger partial charge on any atom is 0.415 e.